The number of quaternary nitrogens is 1. The average molecular weight is 472 g/mol. The van der Waals surface area contributed by atoms with Gasteiger partial charge >= 0.3 is 5.97 Å². The molecule has 0 aromatic heterocycles. The molecule has 10 heteroatoms. The van der Waals surface area contributed by atoms with Gasteiger partial charge in [0.25, 0.3) is 0 Å². The first-order valence-electron chi connectivity index (χ1n) is 10.1. The Morgan fingerprint density at radius 3 is 1.58 bits per heavy atom. The second-order valence-corrected chi connectivity index (χ2v) is 8.87. The molecule has 0 saturated carbocycles. The molecule has 1 fully saturated rings. The maximum Gasteiger partial charge on any atom is 0.347 e. The second-order valence-electron chi connectivity index (χ2n) is 8.87. The monoisotopic (exact) mass is 472 g/mol. The van der Waals surface area contributed by atoms with E-state index in [0.29, 0.717) is 41.6 Å². The number of fused-ring (bicyclic) bond motifs is 2. The summed E-state index contributed by atoms with van der Waals surface area (Å²) in [6, 6.07) is 1.23. The summed E-state index contributed by atoms with van der Waals surface area (Å²) in [5.41, 5.74) is -4.90. The van der Waals surface area contributed by atoms with Crippen LogP contribution in [0.5, 0.6) is 0 Å². The number of ether oxygens (including phenoxy) is 1. The van der Waals surface area contributed by atoms with Crippen molar-refractivity contribution in [3.63, 3.8) is 0 Å². The summed E-state index contributed by atoms with van der Waals surface area (Å²) in [4.78, 5) is 13.2. The SMILES string of the molecule is C[N+]1(C)C2C=C[C@@H]1CC(OC(=O)C(O)(c1cc(F)c(F)c(F)c1)c1cc(F)c(F)c(F)c1)C2. The van der Waals surface area contributed by atoms with Crippen molar-refractivity contribution in [3.05, 3.63) is 82.4 Å². The highest BCUT2D eigenvalue weighted by Crippen LogP contribution is 2.39. The van der Waals surface area contributed by atoms with E-state index in [4.69, 9.17) is 4.74 Å². The van der Waals surface area contributed by atoms with Gasteiger partial charge in [-0.2, -0.15) is 0 Å². The lowest BCUT2D eigenvalue weighted by atomic mass is 9.85. The van der Waals surface area contributed by atoms with Crippen molar-refractivity contribution in [1.29, 1.82) is 0 Å². The van der Waals surface area contributed by atoms with Crippen molar-refractivity contribution >= 4 is 5.97 Å². The smallest absolute Gasteiger partial charge is 0.347 e. The van der Waals surface area contributed by atoms with E-state index in [1.165, 1.54) is 0 Å². The lowest BCUT2D eigenvalue weighted by Gasteiger charge is -2.44. The number of likely N-dealkylation sites (N-methyl/N-ethyl adjacent to an activating group) is 1. The molecule has 0 radical (unpaired) electrons. The Labute approximate surface area is 185 Å². The summed E-state index contributed by atoms with van der Waals surface area (Å²) in [6.07, 6.45) is 3.94. The van der Waals surface area contributed by atoms with Crippen LogP contribution in [-0.2, 0) is 15.1 Å². The fourth-order valence-corrected chi connectivity index (χ4v) is 4.55. The van der Waals surface area contributed by atoms with E-state index in [0.717, 1.165) is 0 Å². The number of nitrogens with zero attached hydrogens (tertiary/aromatic N) is 1. The first kappa shape index (κ1) is 23.3. The fraction of sp³-hybridized carbons (Fsp3) is 0.348. The fourth-order valence-electron chi connectivity index (χ4n) is 4.55. The van der Waals surface area contributed by atoms with E-state index in [-0.39, 0.29) is 12.1 Å². The van der Waals surface area contributed by atoms with Crippen LogP contribution in [-0.4, -0.2) is 47.8 Å². The largest absolute Gasteiger partial charge is 0.459 e. The van der Waals surface area contributed by atoms with Crippen molar-refractivity contribution < 1.29 is 45.5 Å². The van der Waals surface area contributed by atoms with Gasteiger partial charge in [0, 0.05) is 24.0 Å². The van der Waals surface area contributed by atoms with Crippen LogP contribution >= 0.6 is 0 Å². The molecular formula is C23H20F6NO3+. The zero-order valence-electron chi connectivity index (χ0n) is 17.6. The van der Waals surface area contributed by atoms with Gasteiger partial charge in [-0.25, -0.2) is 31.1 Å². The maximum atomic E-state index is 13.9. The zero-order chi connectivity index (χ0) is 24.3. The molecule has 2 aliphatic rings. The molecule has 4 nitrogen and oxygen atoms in total. The van der Waals surface area contributed by atoms with Gasteiger partial charge in [0.1, 0.15) is 18.2 Å². The van der Waals surface area contributed by atoms with E-state index < -0.39 is 63.7 Å². The standard InChI is InChI=1S/C23H20F6NO3/c1-30(2)13-3-4-14(30)10-15(9-13)33-22(31)23(32,11-5-16(24)20(28)17(25)6-11)12-7-18(26)21(29)19(27)8-12/h3-8,13-15,32H,9-10H2,1-2H3/q+1/t13-,14?,15?/m1/s1. The summed E-state index contributed by atoms with van der Waals surface area (Å²) < 4.78 is 88.8. The topological polar surface area (TPSA) is 46.5 Å². The molecule has 2 unspecified atom stereocenters. The number of carbonyl (C=O) groups is 1. The van der Waals surface area contributed by atoms with Gasteiger partial charge in [-0.3, -0.25) is 0 Å². The summed E-state index contributed by atoms with van der Waals surface area (Å²) in [7, 11) is 4.00. The molecule has 4 rings (SSSR count). The molecule has 1 N–H and O–H groups in total. The highest BCUT2D eigenvalue weighted by atomic mass is 19.2. The maximum absolute atomic E-state index is 13.9. The van der Waals surface area contributed by atoms with Crippen molar-refractivity contribution in [2.45, 2.75) is 36.6 Å². The van der Waals surface area contributed by atoms with E-state index in [9.17, 15) is 36.2 Å². The van der Waals surface area contributed by atoms with Gasteiger partial charge in [-0.1, -0.05) is 0 Å². The quantitative estimate of drug-likeness (QED) is 0.242. The number of hydrogen-bond donors (Lipinski definition) is 1. The third kappa shape index (κ3) is 3.71. The molecule has 0 aliphatic carbocycles. The van der Waals surface area contributed by atoms with Gasteiger partial charge in [-0.15, -0.1) is 0 Å². The van der Waals surface area contributed by atoms with Crippen LogP contribution in [0.2, 0.25) is 0 Å². The lowest BCUT2D eigenvalue weighted by Crippen LogP contribution is -2.57. The molecule has 2 aliphatic heterocycles. The van der Waals surface area contributed by atoms with Crippen LogP contribution in [0.1, 0.15) is 24.0 Å². The Balaban J connectivity index is 1.76. The minimum atomic E-state index is -3.15. The van der Waals surface area contributed by atoms with Crippen molar-refractivity contribution in [2.75, 3.05) is 14.1 Å². The number of piperidine rings is 1. The Morgan fingerprint density at radius 1 is 0.848 bits per heavy atom. The van der Waals surface area contributed by atoms with Crippen molar-refractivity contribution in [1.82, 2.24) is 0 Å². The van der Waals surface area contributed by atoms with Crippen LogP contribution < -0.4 is 0 Å². The number of aliphatic hydroxyl groups is 1. The summed E-state index contributed by atoms with van der Waals surface area (Å²) in [5.74, 6) is -12.2. The molecule has 2 aromatic carbocycles. The number of esters is 1. The van der Waals surface area contributed by atoms with E-state index in [1.807, 2.05) is 26.2 Å². The molecule has 0 amide bonds. The first-order valence-corrected chi connectivity index (χ1v) is 10.1. The minimum Gasteiger partial charge on any atom is -0.459 e. The Kier molecular flexibility index (Phi) is 5.57. The van der Waals surface area contributed by atoms with Gasteiger partial charge < -0.3 is 14.3 Å². The molecule has 1 saturated heterocycles. The van der Waals surface area contributed by atoms with E-state index in [2.05, 4.69) is 0 Å². The Bertz CT molecular complexity index is 1040. The number of halogens is 6. The lowest BCUT2D eigenvalue weighted by molar-refractivity contribution is -0.926. The third-order valence-corrected chi connectivity index (χ3v) is 6.65. The van der Waals surface area contributed by atoms with Gasteiger partial charge in [-0.05, 0) is 36.4 Å². The van der Waals surface area contributed by atoms with Crippen molar-refractivity contribution in [2.24, 2.45) is 0 Å². The summed E-state index contributed by atoms with van der Waals surface area (Å²) in [6.45, 7) is 0. The molecule has 2 heterocycles. The highest BCUT2D eigenvalue weighted by molar-refractivity contribution is 5.85. The number of carbonyl (C=O) groups excluding carboxylic acids is 1. The predicted octanol–water partition coefficient (Wildman–Crippen LogP) is 3.85. The van der Waals surface area contributed by atoms with Gasteiger partial charge in [0.2, 0.25) is 5.60 Å². The minimum absolute atomic E-state index is 0.00365. The Hall–Kier alpha value is -2.85. The van der Waals surface area contributed by atoms with Gasteiger partial charge in [0.15, 0.2) is 34.9 Å². The van der Waals surface area contributed by atoms with Gasteiger partial charge in [0.05, 0.1) is 14.1 Å². The van der Waals surface area contributed by atoms with Crippen molar-refractivity contribution in [3.8, 4) is 0 Å². The number of hydrogen-bond acceptors (Lipinski definition) is 3. The van der Waals surface area contributed by atoms with Crippen LogP contribution in [0.3, 0.4) is 0 Å². The third-order valence-electron chi connectivity index (χ3n) is 6.65. The van der Waals surface area contributed by atoms with Crippen LogP contribution in [0.15, 0.2) is 36.4 Å². The number of rotatable bonds is 4. The summed E-state index contributed by atoms with van der Waals surface area (Å²) >= 11 is 0. The molecule has 2 bridgehead atoms. The first-order chi connectivity index (χ1) is 15.4. The zero-order valence-corrected chi connectivity index (χ0v) is 17.6. The van der Waals surface area contributed by atoms with Crippen LogP contribution in [0, 0.1) is 34.9 Å². The molecule has 176 valence electrons. The van der Waals surface area contributed by atoms with E-state index in [1.54, 1.807) is 0 Å². The highest BCUT2D eigenvalue weighted by Gasteiger charge is 2.50. The average Bonchev–Trinajstić information content (AvgIpc) is 2.91. The summed E-state index contributed by atoms with van der Waals surface area (Å²) in [5, 5.41) is 11.3. The Morgan fingerprint density at radius 2 is 1.21 bits per heavy atom. The second kappa shape index (κ2) is 7.88. The molecule has 33 heavy (non-hydrogen) atoms. The molecule has 3 atom stereocenters. The van der Waals surface area contributed by atoms with Crippen LogP contribution in [0.25, 0.3) is 0 Å². The normalized spacial score (nSPS) is 23.6. The molecular weight excluding hydrogens is 452 g/mol. The number of benzene rings is 2. The van der Waals surface area contributed by atoms with Crippen LogP contribution in [0.4, 0.5) is 26.3 Å². The molecule has 2 aromatic rings. The molecule has 0 spiro atoms. The van der Waals surface area contributed by atoms with E-state index >= 15 is 0 Å². The predicted molar refractivity (Wildman–Crippen MR) is 104 cm³/mol.